The fourth-order valence-corrected chi connectivity index (χ4v) is 1.76. The first-order chi connectivity index (χ1) is 10.4. The topological polar surface area (TPSA) is 75.6 Å². The Morgan fingerprint density at radius 1 is 1.22 bits per heavy atom. The summed E-state index contributed by atoms with van der Waals surface area (Å²) in [5, 5.41) is 11.3. The number of alkyl halides is 3. The van der Waals surface area contributed by atoms with Gasteiger partial charge < -0.3 is 15.2 Å². The fraction of sp³-hybridized carbons (Fsp3) is 0.467. The number of carbonyl (C=O) groups excluding carboxylic acids is 1. The van der Waals surface area contributed by atoms with Crippen molar-refractivity contribution in [2.24, 2.45) is 5.92 Å². The molecule has 0 saturated carbocycles. The number of carbonyl (C=O) groups is 2. The van der Waals surface area contributed by atoms with Crippen LogP contribution in [0.1, 0.15) is 26.3 Å². The van der Waals surface area contributed by atoms with Gasteiger partial charge in [-0.05, 0) is 31.5 Å². The molecule has 0 bridgehead atoms. The normalized spacial score (nSPS) is 13.3. The molecular weight excluding hydrogens is 315 g/mol. The second-order valence-corrected chi connectivity index (χ2v) is 5.65. The van der Waals surface area contributed by atoms with Crippen molar-refractivity contribution in [2.75, 3.05) is 6.54 Å². The van der Waals surface area contributed by atoms with Gasteiger partial charge in [0.2, 0.25) is 5.91 Å². The predicted octanol–water partition coefficient (Wildman–Crippen LogP) is 2.70. The van der Waals surface area contributed by atoms with E-state index in [9.17, 15) is 22.8 Å². The van der Waals surface area contributed by atoms with Crippen LogP contribution in [0.25, 0.3) is 0 Å². The lowest BCUT2D eigenvalue weighted by atomic mass is 9.83. The summed E-state index contributed by atoms with van der Waals surface area (Å²) in [5.41, 5.74) is -0.554. The minimum absolute atomic E-state index is 0.0349. The second-order valence-electron chi connectivity index (χ2n) is 5.65. The Kier molecular flexibility index (Phi) is 5.63. The van der Waals surface area contributed by atoms with Crippen LogP contribution in [0.4, 0.5) is 13.2 Å². The SMILES string of the molecule is CC(CNC(=O)C(C)(C)c1ccc(OC(F)(F)F)cc1)C(=O)O. The molecule has 0 aliphatic rings. The zero-order valence-corrected chi connectivity index (χ0v) is 12.9. The van der Waals surface area contributed by atoms with Crippen LogP contribution in [0.2, 0.25) is 0 Å². The lowest BCUT2D eigenvalue weighted by molar-refractivity contribution is -0.274. The Morgan fingerprint density at radius 2 is 1.74 bits per heavy atom. The van der Waals surface area contributed by atoms with E-state index in [1.165, 1.54) is 19.1 Å². The maximum absolute atomic E-state index is 12.2. The molecule has 0 aromatic heterocycles. The first-order valence-electron chi connectivity index (χ1n) is 6.81. The molecule has 1 aromatic carbocycles. The molecule has 1 atom stereocenters. The van der Waals surface area contributed by atoms with Crippen LogP contribution in [-0.4, -0.2) is 29.9 Å². The highest BCUT2D eigenvalue weighted by Crippen LogP contribution is 2.28. The molecule has 0 heterocycles. The molecule has 2 N–H and O–H groups in total. The number of aliphatic carboxylic acids is 1. The van der Waals surface area contributed by atoms with Gasteiger partial charge in [0.15, 0.2) is 0 Å². The maximum Gasteiger partial charge on any atom is 0.573 e. The van der Waals surface area contributed by atoms with Crippen molar-refractivity contribution >= 4 is 11.9 Å². The quantitative estimate of drug-likeness (QED) is 0.839. The van der Waals surface area contributed by atoms with Crippen LogP contribution in [0, 0.1) is 5.92 Å². The van der Waals surface area contributed by atoms with Crippen molar-refractivity contribution in [3.8, 4) is 5.75 Å². The molecule has 1 rings (SSSR count). The summed E-state index contributed by atoms with van der Waals surface area (Å²) in [6.07, 6.45) is -4.78. The molecule has 1 aromatic rings. The number of hydrogen-bond acceptors (Lipinski definition) is 3. The molecule has 1 amide bonds. The van der Waals surface area contributed by atoms with E-state index in [0.29, 0.717) is 5.56 Å². The molecule has 128 valence electrons. The summed E-state index contributed by atoms with van der Waals surface area (Å²) in [7, 11) is 0. The van der Waals surface area contributed by atoms with E-state index in [0.717, 1.165) is 12.1 Å². The maximum atomic E-state index is 12.2. The Morgan fingerprint density at radius 3 is 2.17 bits per heavy atom. The van der Waals surface area contributed by atoms with Gasteiger partial charge in [0, 0.05) is 6.54 Å². The largest absolute Gasteiger partial charge is 0.573 e. The summed E-state index contributed by atoms with van der Waals surface area (Å²) >= 11 is 0. The third-order valence-electron chi connectivity index (χ3n) is 3.37. The molecule has 1 unspecified atom stereocenters. The number of carboxylic acids is 1. The van der Waals surface area contributed by atoms with Crippen LogP contribution in [0.3, 0.4) is 0 Å². The van der Waals surface area contributed by atoms with Gasteiger partial charge in [-0.25, -0.2) is 0 Å². The zero-order chi connectivity index (χ0) is 17.8. The monoisotopic (exact) mass is 333 g/mol. The van der Waals surface area contributed by atoms with E-state index in [-0.39, 0.29) is 12.3 Å². The molecule has 0 spiro atoms. The van der Waals surface area contributed by atoms with Crippen molar-refractivity contribution in [3.05, 3.63) is 29.8 Å². The molecular formula is C15H18F3NO4. The summed E-state index contributed by atoms with van der Waals surface area (Å²) in [6, 6.07) is 4.97. The highest BCUT2D eigenvalue weighted by atomic mass is 19.4. The summed E-state index contributed by atoms with van der Waals surface area (Å²) in [6.45, 7) is 4.60. The number of rotatable bonds is 6. The van der Waals surface area contributed by atoms with Crippen molar-refractivity contribution in [1.82, 2.24) is 5.32 Å². The number of carboxylic acid groups (broad SMARTS) is 1. The van der Waals surface area contributed by atoms with Gasteiger partial charge in [0.25, 0.3) is 0 Å². The molecule has 23 heavy (non-hydrogen) atoms. The van der Waals surface area contributed by atoms with Crippen LogP contribution in [0.5, 0.6) is 5.75 Å². The lowest BCUT2D eigenvalue weighted by Gasteiger charge is -2.25. The minimum Gasteiger partial charge on any atom is -0.481 e. The van der Waals surface area contributed by atoms with Gasteiger partial charge in [-0.1, -0.05) is 19.1 Å². The van der Waals surface area contributed by atoms with E-state index in [2.05, 4.69) is 10.1 Å². The number of ether oxygens (including phenoxy) is 1. The first-order valence-corrected chi connectivity index (χ1v) is 6.81. The number of benzene rings is 1. The Labute approximate surface area is 131 Å². The third-order valence-corrected chi connectivity index (χ3v) is 3.37. The number of halogens is 3. The summed E-state index contributed by atoms with van der Waals surface area (Å²) < 4.78 is 40.1. The average molecular weight is 333 g/mol. The lowest BCUT2D eigenvalue weighted by Crippen LogP contribution is -2.42. The molecule has 5 nitrogen and oxygen atoms in total. The number of hydrogen-bond donors (Lipinski definition) is 2. The molecule has 0 aliphatic carbocycles. The molecule has 8 heteroatoms. The van der Waals surface area contributed by atoms with E-state index in [4.69, 9.17) is 5.11 Å². The highest BCUT2D eigenvalue weighted by Gasteiger charge is 2.33. The van der Waals surface area contributed by atoms with Gasteiger partial charge in [-0.3, -0.25) is 9.59 Å². The van der Waals surface area contributed by atoms with Crippen LogP contribution < -0.4 is 10.1 Å². The Hall–Kier alpha value is -2.25. The average Bonchev–Trinajstić information content (AvgIpc) is 2.42. The molecule has 0 fully saturated rings. The third kappa shape index (κ3) is 5.46. The predicted molar refractivity (Wildman–Crippen MR) is 76.0 cm³/mol. The standard InChI is InChI=1S/C15H18F3NO4/c1-9(12(20)21)8-19-13(22)14(2,3)10-4-6-11(7-5-10)23-15(16,17)18/h4-7,9H,8H2,1-3H3,(H,19,22)(H,20,21). The summed E-state index contributed by atoms with van der Waals surface area (Å²) in [5.74, 6) is -2.57. The molecule has 0 radical (unpaired) electrons. The van der Waals surface area contributed by atoms with Crippen molar-refractivity contribution < 1.29 is 32.6 Å². The van der Waals surface area contributed by atoms with Crippen LogP contribution in [0.15, 0.2) is 24.3 Å². The second kappa shape index (κ2) is 6.89. The van der Waals surface area contributed by atoms with E-state index in [1.807, 2.05) is 0 Å². The minimum atomic E-state index is -4.78. The van der Waals surface area contributed by atoms with Gasteiger partial charge in [0.05, 0.1) is 11.3 Å². The van der Waals surface area contributed by atoms with Crippen LogP contribution >= 0.6 is 0 Å². The van der Waals surface area contributed by atoms with Crippen LogP contribution in [-0.2, 0) is 15.0 Å². The van der Waals surface area contributed by atoms with Crippen molar-refractivity contribution in [1.29, 1.82) is 0 Å². The van der Waals surface area contributed by atoms with Crippen molar-refractivity contribution in [3.63, 3.8) is 0 Å². The molecule has 0 aliphatic heterocycles. The van der Waals surface area contributed by atoms with Gasteiger partial charge in [-0.15, -0.1) is 13.2 Å². The first kappa shape index (κ1) is 18.8. The van der Waals surface area contributed by atoms with Crippen molar-refractivity contribution in [2.45, 2.75) is 32.5 Å². The summed E-state index contributed by atoms with van der Waals surface area (Å²) in [4.78, 5) is 22.9. The Balaban J connectivity index is 2.79. The smallest absolute Gasteiger partial charge is 0.481 e. The fourth-order valence-electron chi connectivity index (χ4n) is 1.76. The van der Waals surface area contributed by atoms with E-state index < -0.39 is 29.6 Å². The van der Waals surface area contributed by atoms with E-state index >= 15 is 0 Å². The number of nitrogens with one attached hydrogen (secondary N) is 1. The Bertz CT molecular complexity index is 567. The highest BCUT2D eigenvalue weighted by molar-refractivity contribution is 5.87. The molecule has 0 saturated heterocycles. The number of amides is 1. The zero-order valence-electron chi connectivity index (χ0n) is 12.9. The van der Waals surface area contributed by atoms with Gasteiger partial charge >= 0.3 is 12.3 Å². The van der Waals surface area contributed by atoms with Gasteiger partial charge in [0.1, 0.15) is 5.75 Å². The van der Waals surface area contributed by atoms with Gasteiger partial charge in [-0.2, -0.15) is 0 Å². The van der Waals surface area contributed by atoms with E-state index in [1.54, 1.807) is 13.8 Å².